The van der Waals surface area contributed by atoms with E-state index in [0.717, 1.165) is 11.0 Å². The van der Waals surface area contributed by atoms with Crippen molar-refractivity contribution in [3.8, 4) is 17.2 Å². The molecule has 0 N–H and O–H groups in total. The highest BCUT2D eigenvalue weighted by molar-refractivity contribution is 5.98. The summed E-state index contributed by atoms with van der Waals surface area (Å²) in [4.78, 5) is 29.7. The van der Waals surface area contributed by atoms with Crippen molar-refractivity contribution < 1.29 is 37.0 Å². The monoisotopic (exact) mass is 551 g/mol. The Bertz CT molecular complexity index is 1660. The maximum atomic E-state index is 14.0. The van der Waals surface area contributed by atoms with Gasteiger partial charge in [-0.25, -0.2) is 4.98 Å². The maximum Gasteiger partial charge on any atom is 0.471 e. The Morgan fingerprint density at radius 3 is 2.60 bits per heavy atom. The predicted octanol–water partition coefficient (Wildman–Crippen LogP) is 5.75. The fourth-order valence-electron chi connectivity index (χ4n) is 5.49. The quantitative estimate of drug-likeness (QED) is 0.301. The van der Waals surface area contributed by atoms with E-state index >= 15 is 0 Å². The van der Waals surface area contributed by atoms with Crippen molar-refractivity contribution in [1.82, 2.24) is 9.55 Å². The molecule has 0 saturated carbocycles. The highest BCUT2D eigenvalue weighted by Crippen LogP contribution is 2.47. The molecule has 0 radical (unpaired) electrons. The lowest BCUT2D eigenvalue weighted by molar-refractivity contribution is -0.171. The van der Waals surface area contributed by atoms with Gasteiger partial charge in [0.15, 0.2) is 6.10 Å². The van der Waals surface area contributed by atoms with Crippen molar-refractivity contribution in [2.24, 2.45) is 0 Å². The highest BCUT2D eigenvalue weighted by atomic mass is 19.4. The lowest BCUT2D eigenvalue weighted by atomic mass is 10.0. The van der Waals surface area contributed by atoms with Crippen LogP contribution in [0, 0.1) is 6.92 Å². The largest absolute Gasteiger partial charge is 0.488 e. The van der Waals surface area contributed by atoms with Gasteiger partial charge in [-0.15, -0.1) is 0 Å². The van der Waals surface area contributed by atoms with Crippen molar-refractivity contribution in [2.75, 3.05) is 11.5 Å². The van der Waals surface area contributed by atoms with Gasteiger partial charge in [-0.3, -0.25) is 19.1 Å². The van der Waals surface area contributed by atoms with E-state index in [0.29, 0.717) is 33.3 Å². The molecule has 1 amide bonds. The first kappa shape index (κ1) is 25.7. The van der Waals surface area contributed by atoms with Gasteiger partial charge in [-0.1, -0.05) is 24.3 Å². The van der Waals surface area contributed by atoms with E-state index in [2.05, 4.69) is 4.98 Å². The number of hydrogen-bond donors (Lipinski definition) is 0. The second-order valence-corrected chi connectivity index (χ2v) is 9.75. The number of hydrogen-bond acceptors (Lipinski definition) is 6. The van der Waals surface area contributed by atoms with Crippen LogP contribution in [-0.2, 0) is 14.3 Å². The van der Waals surface area contributed by atoms with Crippen molar-refractivity contribution >= 4 is 28.6 Å². The molecule has 3 aromatic carbocycles. The van der Waals surface area contributed by atoms with E-state index in [-0.39, 0.29) is 18.0 Å². The lowest BCUT2D eigenvalue weighted by Crippen LogP contribution is -2.44. The number of aryl methyl sites for hydroxylation is 1. The summed E-state index contributed by atoms with van der Waals surface area (Å²) >= 11 is 0. The molecule has 0 bridgehead atoms. The van der Waals surface area contributed by atoms with Gasteiger partial charge in [-0.05, 0) is 44.2 Å². The molecule has 2 aliphatic rings. The molecule has 8 nitrogen and oxygen atoms in total. The fraction of sp³-hybridized carbons (Fsp3) is 0.276. The number of fused-ring (bicyclic) bond motifs is 3. The predicted molar refractivity (Wildman–Crippen MR) is 139 cm³/mol. The fourth-order valence-corrected chi connectivity index (χ4v) is 5.49. The van der Waals surface area contributed by atoms with Crippen LogP contribution in [0.1, 0.15) is 42.9 Å². The Hall–Kier alpha value is -4.54. The Labute approximate surface area is 226 Å². The highest BCUT2D eigenvalue weighted by Gasteiger charge is 2.48. The molecule has 40 heavy (non-hydrogen) atoms. The number of anilines is 1. The van der Waals surface area contributed by atoms with Crippen LogP contribution in [0.4, 0.5) is 18.9 Å². The topological polar surface area (TPSA) is 82.9 Å². The summed E-state index contributed by atoms with van der Waals surface area (Å²) in [5, 5.41) is 0. The van der Waals surface area contributed by atoms with Crippen molar-refractivity contribution in [3.63, 3.8) is 0 Å². The molecule has 2 aliphatic heterocycles. The average Bonchev–Trinajstić information content (AvgIpc) is 3.56. The Balaban J connectivity index is 1.45. The van der Waals surface area contributed by atoms with Crippen LogP contribution in [0.5, 0.6) is 11.5 Å². The third-order valence-corrected chi connectivity index (χ3v) is 7.13. The van der Waals surface area contributed by atoms with Crippen LogP contribution in [-0.4, -0.2) is 40.3 Å². The smallest absolute Gasteiger partial charge is 0.471 e. The van der Waals surface area contributed by atoms with Gasteiger partial charge in [0.1, 0.15) is 30.0 Å². The first-order valence-electron chi connectivity index (χ1n) is 12.6. The summed E-state index contributed by atoms with van der Waals surface area (Å²) in [5.74, 6) is -1.25. The number of alkyl halides is 3. The zero-order valence-electron chi connectivity index (χ0n) is 21.7. The van der Waals surface area contributed by atoms with Gasteiger partial charge < -0.3 is 14.2 Å². The van der Waals surface area contributed by atoms with Crippen molar-refractivity contribution in [3.05, 3.63) is 77.6 Å². The van der Waals surface area contributed by atoms with Gasteiger partial charge >= 0.3 is 18.1 Å². The normalized spacial score (nSPS) is 19.5. The van der Waals surface area contributed by atoms with E-state index < -0.39 is 36.3 Å². The Morgan fingerprint density at radius 2 is 1.85 bits per heavy atom. The number of rotatable bonds is 4. The first-order chi connectivity index (χ1) is 19.0. The summed E-state index contributed by atoms with van der Waals surface area (Å²) in [6.45, 7) is 4.60. The van der Waals surface area contributed by atoms with Crippen molar-refractivity contribution in [1.29, 1.82) is 0 Å². The van der Waals surface area contributed by atoms with E-state index in [1.165, 1.54) is 25.1 Å². The number of amides is 1. The number of nitrogens with zero attached hydrogens (tertiary/aromatic N) is 3. The molecule has 11 heteroatoms. The summed E-state index contributed by atoms with van der Waals surface area (Å²) in [6.07, 6.45) is -6.41. The van der Waals surface area contributed by atoms with E-state index in [1.807, 2.05) is 35.8 Å². The minimum absolute atomic E-state index is 0.0205. The molecule has 0 fully saturated rings. The molecule has 0 aliphatic carbocycles. The zero-order valence-corrected chi connectivity index (χ0v) is 21.7. The number of aromatic nitrogens is 2. The SMILES string of the molecule is CC(=O)O[C@H]1c2ccc(N(C(=O)C(F)(F)F)[C@@H]3COc4c3cccc4-n3c(C)nc4ccccc43)cc2OC1C. The molecule has 4 aromatic rings. The van der Waals surface area contributed by atoms with Gasteiger partial charge in [0, 0.05) is 29.8 Å². The number of benzene rings is 3. The number of imidazole rings is 1. The number of carbonyl (C=O) groups is 2. The molecule has 3 heterocycles. The molecule has 1 aromatic heterocycles. The summed E-state index contributed by atoms with van der Waals surface area (Å²) in [7, 11) is 0. The molecular weight excluding hydrogens is 527 g/mol. The van der Waals surface area contributed by atoms with Gasteiger partial charge in [0.2, 0.25) is 0 Å². The minimum atomic E-state index is -5.15. The summed E-state index contributed by atoms with van der Waals surface area (Å²) in [5.41, 5.74) is 3.11. The number of para-hydroxylation sites is 3. The molecule has 206 valence electrons. The van der Waals surface area contributed by atoms with Crippen LogP contribution >= 0.6 is 0 Å². The van der Waals surface area contributed by atoms with Crippen LogP contribution in [0.25, 0.3) is 16.7 Å². The minimum Gasteiger partial charge on any atom is -0.488 e. The molecule has 3 atom stereocenters. The van der Waals surface area contributed by atoms with Crippen LogP contribution < -0.4 is 14.4 Å². The van der Waals surface area contributed by atoms with Gasteiger partial charge in [0.25, 0.3) is 0 Å². The van der Waals surface area contributed by atoms with Crippen LogP contribution in [0.3, 0.4) is 0 Å². The van der Waals surface area contributed by atoms with Crippen molar-refractivity contribution in [2.45, 2.75) is 45.2 Å². The maximum absolute atomic E-state index is 14.0. The van der Waals surface area contributed by atoms with E-state index in [4.69, 9.17) is 14.2 Å². The number of ether oxygens (including phenoxy) is 3. The van der Waals surface area contributed by atoms with Gasteiger partial charge in [-0.2, -0.15) is 13.2 Å². The van der Waals surface area contributed by atoms with Gasteiger partial charge in [0.05, 0.1) is 22.8 Å². The number of esters is 1. The zero-order chi connectivity index (χ0) is 28.3. The lowest BCUT2D eigenvalue weighted by Gasteiger charge is -2.29. The molecule has 1 unspecified atom stereocenters. The molecule has 0 spiro atoms. The first-order valence-corrected chi connectivity index (χ1v) is 12.6. The second kappa shape index (κ2) is 9.29. The molecule has 6 rings (SSSR count). The molecule has 0 saturated heterocycles. The Kier molecular flexibility index (Phi) is 5.97. The average molecular weight is 552 g/mol. The third kappa shape index (κ3) is 4.12. The van der Waals surface area contributed by atoms with Crippen LogP contribution in [0.15, 0.2) is 60.7 Å². The molecular formula is C29H24F3N3O5. The summed E-state index contributed by atoms with van der Waals surface area (Å²) < 4.78 is 60.9. The number of carbonyl (C=O) groups excluding carboxylic acids is 2. The van der Waals surface area contributed by atoms with E-state index in [9.17, 15) is 22.8 Å². The number of halogens is 3. The van der Waals surface area contributed by atoms with E-state index in [1.54, 1.807) is 25.1 Å². The Morgan fingerprint density at radius 1 is 1.07 bits per heavy atom. The standard InChI is InChI=1S/C29H24F3N3O5/c1-15-26(40-17(3)36)20-12-11-18(13-25(20)39-15)35(28(37)29(30,31)32)24-14-38-27-19(24)7-6-10-23(27)34-16(2)33-21-8-4-5-9-22(21)34/h4-13,15,24,26H,14H2,1-3H3/t15?,24-,26-/m1/s1. The summed E-state index contributed by atoms with van der Waals surface area (Å²) in [6, 6.07) is 15.9. The van der Waals surface area contributed by atoms with Crippen LogP contribution in [0.2, 0.25) is 0 Å². The second-order valence-electron chi connectivity index (χ2n) is 9.75. The third-order valence-electron chi connectivity index (χ3n) is 7.13.